The zero-order chi connectivity index (χ0) is 14.6. The maximum Gasteiger partial charge on any atom is 0.255 e. The molecule has 2 aromatic carbocycles. The Morgan fingerprint density at radius 1 is 1.10 bits per heavy atom. The Kier molecular flexibility index (Phi) is 4.86. The third-order valence-corrected chi connectivity index (χ3v) is 4.23. The van der Waals surface area contributed by atoms with Gasteiger partial charge in [0.05, 0.1) is 16.1 Å². The number of anilines is 1. The molecule has 0 spiro atoms. The smallest absolute Gasteiger partial charge is 0.255 e. The Balaban J connectivity index is 2.17. The molecule has 0 atom stereocenters. The maximum atomic E-state index is 11.9. The predicted molar refractivity (Wildman–Crippen MR) is 87.2 cm³/mol. The van der Waals surface area contributed by atoms with Crippen LogP contribution < -0.4 is 4.72 Å². The molecule has 0 amide bonds. The summed E-state index contributed by atoms with van der Waals surface area (Å²) in [6.07, 6.45) is 1.52. The first-order valence-electron chi connectivity index (χ1n) is 5.67. The summed E-state index contributed by atoms with van der Waals surface area (Å²) < 4.78 is 27.1. The summed E-state index contributed by atoms with van der Waals surface area (Å²) in [5.41, 5.74) is 1.15. The molecule has 0 aliphatic heterocycles. The summed E-state index contributed by atoms with van der Waals surface area (Å²) in [7, 11) is -3.60. The van der Waals surface area contributed by atoms with E-state index in [1.54, 1.807) is 18.2 Å². The lowest BCUT2D eigenvalue weighted by molar-refractivity contribution is 0.609. The van der Waals surface area contributed by atoms with E-state index in [0.717, 1.165) is 15.4 Å². The van der Waals surface area contributed by atoms with Gasteiger partial charge in [-0.2, -0.15) is 0 Å². The summed E-state index contributed by atoms with van der Waals surface area (Å²) in [5.74, 6) is 0. The lowest BCUT2D eigenvalue weighted by atomic mass is 10.2. The Morgan fingerprint density at radius 3 is 2.45 bits per heavy atom. The molecule has 2 aromatic rings. The van der Waals surface area contributed by atoms with Crippen LogP contribution in [0.3, 0.4) is 0 Å². The Morgan fingerprint density at radius 2 is 1.80 bits per heavy atom. The quantitative estimate of drug-likeness (QED) is 0.858. The van der Waals surface area contributed by atoms with Gasteiger partial charge in [-0.25, -0.2) is 8.42 Å². The van der Waals surface area contributed by atoms with Crippen molar-refractivity contribution in [2.45, 2.75) is 0 Å². The van der Waals surface area contributed by atoms with Crippen LogP contribution in [0.1, 0.15) is 5.56 Å². The van der Waals surface area contributed by atoms with Gasteiger partial charge in [0, 0.05) is 4.47 Å². The van der Waals surface area contributed by atoms with E-state index >= 15 is 0 Å². The number of sulfonamides is 1. The standard InChI is InChI=1S/C14H11BrClNO2S/c15-12-6-7-14(13(16)10-12)17-20(18,19)9-8-11-4-2-1-3-5-11/h1-10,17H. The minimum atomic E-state index is -3.60. The number of hydrogen-bond donors (Lipinski definition) is 1. The number of benzene rings is 2. The van der Waals surface area contributed by atoms with Crippen LogP contribution in [0.4, 0.5) is 5.69 Å². The van der Waals surface area contributed by atoms with Gasteiger partial charge in [0.1, 0.15) is 0 Å². The average molecular weight is 373 g/mol. The Hall–Kier alpha value is -1.30. The molecule has 0 aliphatic rings. The molecule has 0 saturated heterocycles. The maximum absolute atomic E-state index is 11.9. The normalized spacial score (nSPS) is 11.7. The number of nitrogens with one attached hydrogen (secondary N) is 1. The van der Waals surface area contributed by atoms with Crippen molar-refractivity contribution in [1.29, 1.82) is 0 Å². The third kappa shape index (κ3) is 4.37. The summed E-state index contributed by atoms with van der Waals surface area (Å²) in [5, 5.41) is 1.44. The van der Waals surface area contributed by atoms with Gasteiger partial charge in [-0.05, 0) is 29.8 Å². The van der Waals surface area contributed by atoms with Crippen LogP contribution in [-0.2, 0) is 10.0 Å². The van der Waals surface area contributed by atoms with Crippen molar-refractivity contribution in [2.75, 3.05) is 4.72 Å². The van der Waals surface area contributed by atoms with E-state index in [4.69, 9.17) is 11.6 Å². The van der Waals surface area contributed by atoms with Gasteiger partial charge in [-0.1, -0.05) is 57.9 Å². The van der Waals surface area contributed by atoms with Crippen LogP contribution in [0.25, 0.3) is 6.08 Å². The fraction of sp³-hybridized carbons (Fsp3) is 0. The summed E-state index contributed by atoms with van der Waals surface area (Å²) >= 11 is 9.23. The van der Waals surface area contributed by atoms with E-state index in [1.807, 2.05) is 30.3 Å². The van der Waals surface area contributed by atoms with Gasteiger partial charge in [-0.15, -0.1) is 0 Å². The second-order valence-electron chi connectivity index (χ2n) is 3.98. The second kappa shape index (κ2) is 6.43. The van der Waals surface area contributed by atoms with E-state index in [0.29, 0.717) is 10.7 Å². The second-order valence-corrected chi connectivity index (χ2v) is 6.87. The van der Waals surface area contributed by atoms with Crippen LogP contribution in [0.2, 0.25) is 5.02 Å². The van der Waals surface area contributed by atoms with Crippen molar-refractivity contribution < 1.29 is 8.42 Å². The van der Waals surface area contributed by atoms with Crippen molar-refractivity contribution >= 4 is 49.3 Å². The highest BCUT2D eigenvalue weighted by Gasteiger charge is 2.08. The molecule has 2 rings (SSSR count). The monoisotopic (exact) mass is 371 g/mol. The molecule has 0 aliphatic carbocycles. The van der Waals surface area contributed by atoms with Gasteiger partial charge >= 0.3 is 0 Å². The van der Waals surface area contributed by atoms with Crippen LogP contribution >= 0.6 is 27.5 Å². The lowest BCUT2D eigenvalue weighted by Crippen LogP contribution is -2.09. The SMILES string of the molecule is O=S(=O)(C=Cc1ccccc1)Nc1ccc(Br)cc1Cl. The van der Waals surface area contributed by atoms with Gasteiger partial charge in [0.15, 0.2) is 0 Å². The van der Waals surface area contributed by atoms with Gasteiger partial charge in [0.25, 0.3) is 10.0 Å². The molecule has 6 heteroatoms. The summed E-state index contributed by atoms with van der Waals surface area (Å²) in [6.45, 7) is 0. The van der Waals surface area contributed by atoms with Gasteiger partial charge in [-0.3, -0.25) is 4.72 Å². The van der Waals surface area contributed by atoms with Crippen LogP contribution in [0.5, 0.6) is 0 Å². The van der Waals surface area contributed by atoms with Crippen molar-refractivity contribution in [1.82, 2.24) is 0 Å². The largest absolute Gasteiger partial charge is 0.279 e. The van der Waals surface area contributed by atoms with Crippen LogP contribution in [0.15, 0.2) is 58.4 Å². The molecule has 1 N–H and O–H groups in total. The zero-order valence-corrected chi connectivity index (χ0v) is 13.4. The van der Waals surface area contributed by atoms with Crippen molar-refractivity contribution in [3.05, 3.63) is 69.0 Å². The van der Waals surface area contributed by atoms with E-state index < -0.39 is 10.0 Å². The Labute approximate surface area is 131 Å². The molecule has 104 valence electrons. The molecule has 0 bridgehead atoms. The van der Waals surface area contributed by atoms with Gasteiger partial charge < -0.3 is 0 Å². The van der Waals surface area contributed by atoms with E-state index in [2.05, 4.69) is 20.7 Å². The summed E-state index contributed by atoms with van der Waals surface area (Å²) in [6, 6.07) is 14.1. The van der Waals surface area contributed by atoms with E-state index in [1.165, 1.54) is 6.08 Å². The molecule has 20 heavy (non-hydrogen) atoms. The number of rotatable bonds is 4. The van der Waals surface area contributed by atoms with Gasteiger partial charge in [0.2, 0.25) is 0 Å². The van der Waals surface area contributed by atoms with E-state index in [9.17, 15) is 8.42 Å². The molecule has 0 heterocycles. The molecule has 3 nitrogen and oxygen atoms in total. The lowest BCUT2D eigenvalue weighted by Gasteiger charge is -2.06. The predicted octanol–water partition coefficient (Wildman–Crippen LogP) is 4.52. The minimum Gasteiger partial charge on any atom is -0.279 e. The molecular formula is C14H11BrClNO2S. The highest BCUT2D eigenvalue weighted by Crippen LogP contribution is 2.26. The highest BCUT2D eigenvalue weighted by atomic mass is 79.9. The highest BCUT2D eigenvalue weighted by molar-refractivity contribution is 9.10. The topological polar surface area (TPSA) is 46.2 Å². The zero-order valence-electron chi connectivity index (χ0n) is 10.3. The first-order chi connectivity index (χ1) is 9.46. The van der Waals surface area contributed by atoms with E-state index in [-0.39, 0.29) is 0 Å². The molecule has 0 unspecified atom stereocenters. The number of halogens is 2. The first-order valence-corrected chi connectivity index (χ1v) is 8.39. The van der Waals surface area contributed by atoms with Crippen LogP contribution in [0, 0.1) is 0 Å². The Bertz CT molecular complexity index is 730. The molecule has 0 aromatic heterocycles. The molecule has 0 saturated carbocycles. The van der Waals surface area contributed by atoms with Crippen molar-refractivity contribution in [3.63, 3.8) is 0 Å². The molecule has 0 fully saturated rings. The molecular weight excluding hydrogens is 362 g/mol. The fourth-order valence-electron chi connectivity index (χ4n) is 1.49. The number of hydrogen-bond acceptors (Lipinski definition) is 2. The minimum absolute atomic E-state index is 0.330. The van der Waals surface area contributed by atoms with Crippen molar-refractivity contribution in [3.8, 4) is 0 Å². The average Bonchev–Trinajstić information content (AvgIpc) is 2.41. The fourth-order valence-corrected chi connectivity index (χ4v) is 3.16. The summed E-state index contributed by atoms with van der Waals surface area (Å²) in [4.78, 5) is 0. The first kappa shape index (κ1) is 15.1. The molecule has 0 radical (unpaired) electrons. The van der Waals surface area contributed by atoms with Crippen molar-refractivity contribution in [2.24, 2.45) is 0 Å². The van der Waals surface area contributed by atoms with Crippen LogP contribution in [-0.4, -0.2) is 8.42 Å². The third-order valence-electron chi connectivity index (χ3n) is 2.42.